The van der Waals surface area contributed by atoms with Crippen molar-refractivity contribution in [1.29, 1.82) is 0 Å². The molecular weight excluding hydrogens is 324 g/mol. The maximum atomic E-state index is 12.9. The summed E-state index contributed by atoms with van der Waals surface area (Å²) in [5.41, 5.74) is 2.15. The zero-order valence-electron chi connectivity index (χ0n) is 14.6. The van der Waals surface area contributed by atoms with Crippen molar-refractivity contribution in [2.45, 2.75) is 37.7 Å². The molecule has 1 atom stereocenters. The highest BCUT2D eigenvalue weighted by atomic mass is 32.2. The molecule has 130 valence electrons. The van der Waals surface area contributed by atoms with Crippen LogP contribution in [-0.4, -0.2) is 44.0 Å². The Morgan fingerprint density at radius 1 is 1.29 bits per heavy atom. The first-order chi connectivity index (χ1) is 11.3. The lowest BCUT2D eigenvalue weighted by atomic mass is 9.92. The summed E-state index contributed by atoms with van der Waals surface area (Å²) >= 11 is -1.16. The minimum atomic E-state index is -1.16. The van der Waals surface area contributed by atoms with Gasteiger partial charge in [-0.15, -0.1) is 4.31 Å². The number of nitrogens with zero attached hydrogens (tertiary/aromatic N) is 2. The van der Waals surface area contributed by atoms with E-state index >= 15 is 0 Å². The molecule has 1 fully saturated rings. The highest BCUT2D eigenvalue weighted by molar-refractivity contribution is 7.90. The fourth-order valence-electron chi connectivity index (χ4n) is 2.89. The molecule has 6 heteroatoms. The molecule has 1 saturated heterocycles. The van der Waals surface area contributed by atoms with Crippen LogP contribution in [0.15, 0.2) is 30.3 Å². The Kier molecular flexibility index (Phi) is 4.61. The summed E-state index contributed by atoms with van der Waals surface area (Å²) in [6, 6.07) is 9.71. The fourth-order valence-corrected chi connectivity index (χ4v) is 4.23. The average Bonchev–Trinajstić information content (AvgIpc) is 2.51. The van der Waals surface area contributed by atoms with Crippen LogP contribution in [-0.2, 0) is 28.2 Å². The summed E-state index contributed by atoms with van der Waals surface area (Å²) in [7, 11) is 1.88. The third-order valence-electron chi connectivity index (χ3n) is 4.47. The smallest absolute Gasteiger partial charge is 0.154 e. The molecule has 1 aromatic heterocycles. The quantitative estimate of drug-likeness (QED) is 0.859. The van der Waals surface area contributed by atoms with Crippen LogP contribution in [0.25, 0.3) is 10.9 Å². The van der Waals surface area contributed by atoms with Crippen LogP contribution in [0.1, 0.15) is 32.0 Å². The van der Waals surface area contributed by atoms with Gasteiger partial charge < -0.3 is 14.4 Å². The van der Waals surface area contributed by atoms with Gasteiger partial charge in [-0.2, -0.15) is 0 Å². The Hall–Kier alpha value is -1.18. The van der Waals surface area contributed by atoms with E-state index < -0.39 is 16.9 Å². The number of hydrogen-bond acceptors (Lipinski definition) is 5. The molecule has 0 saturated carbocycles. The van der Waals surface area contributed by atoms with Gasteiger partial charge in [-0.1, -0.05) is 12.1 Å². The van der Waals surface area contributed by atoms with Gasteiger partial charge in [0.1, 0.15) is 4.75 Å². The Labute approximate surface area is 146 Å². The molecular formula is C18H24N2O3S. The lowest BCUT2D eigenvalue weighted by molar-refractivity contribution is -0.113. The predicted molar refractivity (Wildman–Crippen MR) is 95.8 cm³/mol. The summed E-state index contributed by atoms with van der Waals surface area (Å²) < 4.78 is 19.9. The molecule has 2 heterocycles. The molecule has 0 radical (unpaired) electrons. The topological polar surface area (TPSA) is 68.7 Å². The van der Waals surface area contributed by atoms with E-state index in [1.54, 1.807) is 0 Å². The second-order valence-corrected chi connectivity index (χ2v) is 9.54. The normalized spacial score (nSPS) is 18.6. The first-order valence-corrected chi connectivity index (χ1v) is 9.13. The largest absolute Gasteiger partial charge is 0.597 e. The minimum absolute atomic E-state index is 0.0166. The number of pyridine rings is 1. The van der Waals surface area contributed by atoms with Crippen LogP contribution in [0.5, 0.6) is 0 Å². The zero-order chi connectivity index (χ0) is 17.5. The van der Waals surface area contributed by atoms with E-state index in [0.717, 1.165) is 22.2 Å². The Balaban J connectivity index is 2.00. The molecule has 1 N–H and O–H groups in total. The number of aliphatic hydroxyl groups excluding tert-OH is 1. The van der Waals surface area contributed by atoms with E-state index in [1.165, 1.54) is 0 Å². The number of benzene rings is 1. The van der Waals surface area contributed by atoms with Crippen molar-refractivity contribution in [2.75, 3.05) is 20.3 Å². The molecule has 0 aliphatic carbocycles. The van der Waals surface area contributed by atoms with Gasteiger partial charge in [-0.05, 0) is 44.5 Å². The van der Waals surface area contributed by atoms with E-state index in [9.17, 15) is 9.66 Å². The SMILES string of the molecule is CN([S+]([O-])C(C)(C)C)C1(c2ccc3cc(CO)ccc3n2)COC1. The number of rotatable bonds is 4. The fraction of sp³-hybridized carbons (Fsp3) is 0.500. The van der Waals surface area contributed by atoms with Crippen LogP contribution in [0.4, 0.5) is 0 Å². The van der Waals surface area contributed by atoms with Crippen molar-refractivity contribution in [2.24, 2.45) is 0 Å². The second-order valence-electron chi connectivity index (χ2n) is 7.27. The van der Waals surface area contributed by atoms with Crippen molar-refractivity contribution >= 4 is 22.3 Å². The van der Waals surface area contributed by atoms with E-state index in [1.807, 2.05) is 62.5 Å². The number of fused-ring (bicyclic) bond motifs is 1. The van der Waals surface area contributed by atoms with Gasteiger partial charge >= 0.3 is 0 Å². The molecule has 0 spiro atoms. The van der Waals surface area contributed by atoms with Crippen molar-refractivity contribution in [1.82, 2.24) is 9.29 Å². The molecule has 2 aromatic rings. The van der Waals surface area contributed by atoms with E-state index in [-0.39, 0.29) is 11.4 Å². The first-order valence-electron chi connectivity index (χ1n) is 8.02. The van der Waals surface area contributed by atoms with Gasteiger partial charge in [-0.25, -0.2) is 0 Å². The van der Waals surface area contributed by atoms with Gasteiger partial charge in [0.2, 0.25) is 0 Å². The third kappa shape index (κ3) is 2.93. The summed E-state index contributed by atoms with van der Waals surface area (Å²) in [5.74, 6) is 0. The summed E-state index contributed by atoms with van der Waals surface area (Å²) in [4.78, 5) is 4.79. The monoisotopic (exact) mass is 348 g/mol. The molecule has 3 rings (SSSR count). The van der Waals surface area contributed by atoms with Crippen molar-refractivity contribution in [3.63, 3.8) is 0 Å². The van der Waals surface area contributed by atoms with Crippen LogP contribution in [0.3, 0.4) is 0 Å². The number of aromatic nitrogens is 1. The van der Waals surface area contributed by atoms with Crippen molar-refractivity contribution in [3.8, 4) is 0 Å². The standard InChI is InChI=1S/C18H24N2O3S/c1-17(2,3)24(22)20(4)18(11-23-12-18)16-8-6-14-9-13(10-21)5-7-15(14)19-16/h5-9,21H,10-12H2,1-4H3. The molecule has 0 amide bonds. The molecule has 1 aliphatic heterocycles. The molecule has 1 aliphatic rings. The molecule has 24 heavy (non-hydrogen) atoms. The number of aliphatic hydroxyl groups is 1. The van der Waals surface area contributed by atoms with Crippen molar-refractivity contribution < 1.29 is 14.4 Å². The van der Waals surface area contributed by atoms with Gasteiger partial charge in [-0.3, -0.25) is 4.98 Å². The number of hydrogen-bond donors (Lipinski definition) is 1. The number of ether oxygens (including phenoxy) is 1. The van der Waals surface area contributed by atoms with Gasteiger partial charge in [0.15, 0.2) is 5.54 Å². The zero-order valence-corrected chi connectivity index (χ0v) is 15.4. The molecule has 1 aromatic carbocycles. The molecule has 1 unspecified atom stereocenters. The number of likely N-dealkylation sites (N-methyl/N-ethyl adjacent to an activating group) is 1. The average molecular weight is 348 g/mol. The summed E-state index contributed by atoms with van der Waals surface area (Å²) in [6.45, 7) is 6.89. The third-order valence-corrected chi connectivity index (χ3v) is 6.36. The van der Waals surface area contributed by atoms with Crippen LogP contribution in [0.2, 0.25) is 0 Å². The Bertz CT molecular complexity index is 741. The lowest BCUT2D eigenvalue weighted by Crippen LogP contribution is -2.62. The highest BCUT2D eigenvalue weighted by Gasteiger charge is 2.53. The maximum Gasteiger partial charge on any atom is 0.154 e. The Morgan fingerprint density at radius 3 is 2.54 bits per heavy atom. The second kappa shape index (κ2) is 6.28. The van der Waals surface area contributed by atoms with Gasteiger partial charge in [0.05, 0.1) is 31.0 Å². The molecule has 5 nitrogen and oxygen atoms in total. The highest BCUT2D eigenvalue weighted by Crippen LogP contribution is 2.39. The molecule has 0 bridgehead atoms. The predicted octanol–water partition coefficient (Wildman–Crippen LogP) is 2.35. The lowest BCUT2D eigenvalue weighted by Gasteiger charge is -2.48. The van der Waals surface area contributed by atoms with E-state index in [4.69, 9.17) is 9.72 Å². The first kappa shape index (κ1) is 17.6. The van der Waals surface area contributed by atoms with E-state index in [2.05, 4.69) is 0 Å². The van der Waals surface area contributed by atoms with Gasteiger partial charge in [0.25, 0.3) is 0 Å². The summed E-state index contributed by atoms with van der Waals surface area (Å²) in [5, 5.41) is 10.2. The van der Waals surface area contributed by atoms with Crippen LogP contribution >= 0.6 is 0 Å². The maximum absolute atomic E-state index is 12.9. The van der Waals surface area contributed by atoms with Gasteiger partial charge in [0, 0.05) is 23.8 Å². The minimum Gasteiger partial charge on any atom is -0.597 e. The van der Waals surface area contributed by atoms with E-state index in [0.29, 0.717) is 13.2 Å². The van der Waals surface area contributed by atoms with Crippen LogP contribution < -0.4 is 0 Å². The Morgan fingerprint density at radius 2 is 2.00 bits per heavy atom. The van der Waals surface area contributed by atoms with Crippen LogP contribution in [0, 0.1) is 0 Å². The van der Waals surface area contributed by atoms with Crippen molar-refractivity contribution in [3.05, 3.63) is 41.6 Å². The summed E-state index contributed by atoms with van der Waals surface area (Å²) in [6.07, 6.45) is 0.